The van der Waals surface area contributed by atoms with Crippen LogP contribution in [-0.2, 0) is 17.6 Å². The van der Waals surface area contributed by atoms with E-state index in [2.05, 4.69) is 34.1 Å². The average Bonchev–Trinajstić information content (AvgIpc) is 2.91. The van der Waals surface area contributed by atoms with Crippen molar-refractivity contribution in [1.29, 1.82) is 0 Å². The fraction of sp³-hybridized carbons (Fsp3) is 0.667. The summed E-state index contributed by atoms with van der Waals surface area (Å²) in [5.74, 6) is 0.481. The maximum Gasteiger partial charge on any atom is 0.225 e. The van der Waals surface area contributed by atoms with E-state index >= 15 is 0 Å². The van der Waals surface area contributed by atoms with Crippen LogP contribution in [0.3, 0.4) is 0 Å². The molecule has 2 aliphatic carbocycles. The Balaban J connectivity index is 1.33. The summed E-state index contributed by atoms with van der Waals surface area (Å²) in [5.41, 5.74) is 3.01. The molecule has 4 nitrogen and oxygen atoms in total. The molecule has 136 valence electrons. The Kier molecular flexibility index (Phi) is 5.09. The van der Waals surface area contributed by atoms with Crippen LogP contribution in [0.5, 0.6) is 0 Å². The van der Waals surface area contributed by atoms with Gasteiger partial charge in [0, 0.05) is 38.1 Å². The first-order valence-electron chi connectivity index (χ1n) is 9.98. The number of carbonyl (C=O) groups is 1. The molecule has 0 atom stereocenters. The molecule has 1 aromatic rings. The molecule has 1 heterocycles. The van der Waals surface area contributed by atoms with Gasteiger partial charge >= 0.3 is 0 Å². The Morgan fingerprint density at radius 1 is 0.920 bits per heavy atom. The van der Waals surface area contributed by atoms with Gasteiger partial charge in [0.15, 0.2) is 0 Å². The van der Waals surface area contributed by atoms with Crippen molar-refractivity contribution < 1.29 is 9.90 Å². The van der Waals surface area contributed by atoms with Gasteiger partial charge in [-0.15, -0.1) is 0 Å². The van der Waals surface area contributed by atoms with E-state index in [4.69, 9.17) is 0 Å². The van der Waals surface area contributed by atoms with Crippen molar-refractivity contribution in [3.05, 3.63) is 35.4 Å². The van der Waals surface area contributed by atoms with E-state index in [-0.39, 0.29) is 12.0 Å². The summed E-state index contributed by atoms with van der Waals surface area (Å²) in [7, 11) is 0. The molecule has 1 N–H and O–H groups in total. The molecule has 1 aromatic carbocycles. The van der Waals surface area contributed by atoms with Crippen LogP contribution in [0.2, 0.25) is 0 Å². The first-order valence-corrected chi connectivity index (χ1v) is 9.98. The number of nitrogens with zero attached hydrogens (tertiary/aromatic N) is 2. The highest BCUT2D eigenvalue weighted by atomic mass is 16.3. The fourth-order valence-corrected chi connectivity index (χ4v) is 4.90. The van der Waals surface area contributed by atoms with Gasteiger partial charge in [-0.1, -0.05) is 24.3 Å². The first kappa shape index (κ1) is 17.0. The lowest BCUT2D eigenvalue weighted by atomic mass is 9.86. The summed E-state index contributed by atoms with van der Waals surface area (Å²) in [5, 5.41) is 9.66. The minimum Gasteiger partial charge on any atom is -0.393 e. The van der Waals surface area contributed by atoms with Crippen LogP contribution < -0.4 is 0 Å². The van der Waals surface area contributed by atoms with Crippen molar-refractivity contribution in [2.24, 2.45) is 5.92 Å². The highest BCUT2D eigenvalue weighted by Crippen LogP contribution is 2.28. The fourth-order valence-electron chi connectivity index (χ4n) is 4.90. The van der Waals surface area contributed by atoms with E-state index < -0.39 is 0 Å². The number of benzene rings is 1. The van der Waals surface area contributed by atoms with E-state index in [9.17, 15) is 9.90 Å². The van der Waals surface area contributed by atoms with Crippen molar-refractivity contribution in [2.45, 2.75) is 57.1 Å². The van der Waals surface area contributed by atoms with E-state index in [1.807, 2.05) is 0 Å². The molecular weight excluding hydrogens is 312 g/mol. The Hall–Kier alpha value is -1.39. The zero-order chi connectivity index (χ0) is 17.2. The van der Waals surface area contributed by atoms with Crippen molar-refractivity contribution in [3.8, 4) is 0 Å². The molecule has 2 fully saturated rings. The molecule has 4 heteroatoms. The second-order valence-corrected chi connectivity index (χ2v) is 8.05. The van der Waals surface area contributed by atoms with E-state index in [0.717, 1.165) is 71.1 Å². The SMILES string of the molecule is O=C(C1CCC(O)CC1)N1CCCN(C2Cc3ccccc3C2)CC1. The van der Waals surface area contributed by atoms with Crippen LogP contribution in [-0.4, -0.2) is 59.1 Å². The molecular formula is C21H30N2O2. The molecule has 0 bridgehead atoms. The number of rotatable bonds is 2. The van der Waals surface area contributed by atoms with Crippen LogP contribution in [0, 0.1) is 5.92 Å². The molecule has 1 saturated heterocycles. The molecule has 4 rings (SSSR count). The van der Waals surface area contributed by atoms with Crippen LogP contribution in [0.15, 0.2) is 24.3 Å². The summed E-state index contributed by atoms with van der Waals surface area (Å²) in [4.78, 5) is 17.6. The van der Waals surface area contributed by atoms with Crippen LogP contribution in [0.4, 0.5) is 0 Å². The van der Waals surface area contributed by atoms with Gasteiger partial charge in [0.2, 0.25) is 5.91 Å². The summed E-state index contributed by atoms with van der Waals surface area (Å²) in [6.45, 7) is 3.87. The van der Waals surface area contributed by atoms with Gasteiger partial charge in [-0.3, -0.25) is 9.69 Å². The predicted molar refractivity (Wildman–Crippen MR) is 98.4 cm³/mol. The molecule has 25 heavy (non-hydrogen) atoms. The number of amides is 1. The largest absolute Gasteiger partial charge is 0.393 e. The highest BCUT2D eigenvalue weighted by molar-refractivity contribution is 5.79. The molecule has 0 radical (unpaired) electrons. The van der Waals surface area contributed by atoms with Crippen molar-refractivity contribution >= 4 is 5.91 Å². The highest BCUT2D eigenvalue weighted by Gasteiger charge is 2.32. The summed E-state index contributed by atoms with van der Waals surface area (Å²) >= 11 is 0. The number of aliphatic hydroxyl groups excluding tert-OH is 1. The molecule has 1 amide bonds. The minimum atomic E-state index is -0.187. The second kappa shape index (κ2) is 7.46. The Bertz CT molecular complexity index is 585. The quantitative estimate of drug-likeness (QED) is 0.896. The standard InChI is InChI=1S/C21H30N2O2/c24-20-8-6-16(7-9-20)21(25)23-11-3-10-22(12-13-23)19-14-17-4-1-2-5-18(17)15-19/h1-2,4-5,16,19-20,24H,3,6-15H2. The molecule has 1 saturated carbocycles. The van der Waals surface area contributed by atoms with Gasteiger partial charge < -0.3 is 10.0 Å². The number of hydrogen-bond donors (Lipinski definition) is 1. The Morgan fingerprint density at radius 3 is 2.28 bits per heavy atom. The lowest BCUT2D eigenvalue weighted by Gasteiger charge is -2.30. The van der Waals surface area contributed by atoms with Gasteiger partial charge in [0.1, 0.15) is 0 Å². The molecule has 0 spiro atoms. The topological polar surface area (TPSA) is 43.8 Å². The summed E-state index contributed by atoms with van der Waals surface area (Å²) in [6, 6.07) is 9.43. The van der Waals surface area contributed by atoms with Gasteiger partial charge in [0.25, 0.3) is 0 Å². The monoisotopic (exact) mass is 342 g/mol. The van der Waals surface area contributed by atoms with Gasteiger partial charge in [-0.2, -0.15) is 0 Å². The number of aliphatic hydroxyl groups is 1. The third kappa shape index (κ3) is 3.75. The third-order valence-electron chi connectivity index (χ3n) is 6.43. The number of hydrogen-bond acceptors (Lipinski definition) is 3. The average molecular weight is 342 g/mol. The van der Waals surface area contributed by atoms with Gasteiger partial charge in [0.05, 0.1) is 6.10 Å². The number of fused-ring (bicyclic) bond motifs is 1. The number of carbonyl (C=O) groups excluding carboxylic acids is 1. The Morgan fingerprint density at radius 2 is 1.60 bits per heavy atom. The maximum atomic E-state index is 12.8. The predicted octanol–water partition coefficient (Wildman–Crippen LogP) is 2.24. The second-order valence-electron chi connectivity index (χ2n) is 8.05. The third-order valence-corrected chi connectivity index (χ3v) is 6.43. The van der Waals surface area contributed by atoms with Crippen LogP contribution in [0.1, 0.15) is 43.2 Å². The van der Waals surface area contributed by atoms with Crippen molar-refractivity contribution in [3.63, 3.8) is 0 Å². The normalized spacial score (nSPS) is 28.6. The maximum absolute atomic E-state index is 12.8. The first-order chi connectivity index (χ1) is 12.2. The molecule has 0 unspecified atom stereocenters. The van der Waals surface area contributed by atoms with Gasteiger partial charge in [-0.05, 0) is 56.1 Å². The molecule has 1 aliphatic heterocycles. The van der Waals surface area contributed by atoms with Crippen LogP contribution >= 0.6 is 0 Å². The van der Waals surface area contributed by atoms with Crippen LogP contribution in [0.25, 0.3) is 0 Å². The molecule has 3 aliphatic rings. The zero-order valence-corrected chi connectivity index (χ0v) is 15.1. The summed E-state index contributed by atoms with van der Waals surface area (Å²) in [6.07, 6.45) is 6.50. The van der Waals surface area contributed by atoms with Crippen molar-refractivity contribution in [1.82, 2.24) is 9.80 Å². The van der Waals surface area contributed by atoms with E-state index in [0.29, 0.717) is 11.9 Å². The summed E-state index contributed by atoms with van der Waals surface area (Å²) < 4.78 is 0. The van der Waals surface area contributed by atoms with E-state index in [1.54, 1.807) is 0 Å². The smallest absolute Gasteiger partial charge is 0.225 e. The minimum absolute atomic E-state index is 0.144. The lowest BCUT2D eigenvalue weighted by Crippen LogP contribution is -2.42. The van der Waals surface area contributed by atoms with Crippen molar-refractivity contribution in [2.75, 3.05) is 26.2 Å². The van der Waals surface area contributed by atoms with E-state index in [1.165, 1.54) is 11.1 Å². The van der Waals surface area contributed by atoms with Gasteiger partial charge in [-0.25, -0.2) is 0 Å². The zero-order valence-electron chi connectivity index (χ0n) is 15.1. The lowest BCUT2D eigenvalue weighted by molar-refractivity contribution is -0.137. The molecule has 0 aromatic heterocycles. The Labute approximate surface area is 150 Å².